The molecule has 1 aromatic carbocycles. The van der Waals surface area contributed by atoms with E-state index in [1.165, 1.54) is 6.42 Å². The quantitative estimate of drug-likeness (QED) is 0.778. The van der Waals surface area contributed by atoms with Crippen LogP contribution in [0.4, 0.5) is 0 Å². The lowest BCUT2D eigenvalue weighted by atomic mass is 9.93. The number of H-pyrrole nitrogens is 1. The summed E-state index contributed by atoms with van der Waals surface area (Å²) in [6, 6.07) is 10.1. The second-order valence-electron chi connectivity index (χ2n) is 6.81. The molecule has 0 bridgehead atoms. The maximum Gasteiger partial charge on any atom is 0.224 e. The second-order valence-corrected chi connectivity index (χ2v) is 6.81. The molecule has 1 aliphatic rings. The van der Waals surface area contributed by atoms with Gasteiger partial charge in [0.25, 0.3) is 0 Å². The fourth-order valence-electron chi connectivity index (χ4n) is 3.73. The lowest BCUT2D eigenvalue weighted by molar-refractivity contribution is -0.133. The van der Waals surface area contributed by atoms with Crippen LogP contribution in [0.3, 0.4) is 0 Å². The van der Waals surface area contributed by atoms with Crippen LogP contribution in [0.25, 0.3) is 10.9 Å². The lowest BCUT2D eigenvalue weighted by Gasteiger charge is -2.32. The number of fused-ring (bicyclic) bond motifs is 1. The monoisotopic (exact) mass is 337 g/mol. The molecular weight excluding hydrogens is 314 g/mol. The Balaban J connectivity index is 1.34. The molecule has 0 unspecified atom stereocenters. The number of amides is 1. The predicted molar refractivity (Wildman–Crippen MR) is 95.9 cm³/mol. The van der Waals surface area contributed by atoms with Gasteiger partial charge in [-0.05, 0) is 37.3 Å². The molecule has 6 nitrogen and oxygen atoms in total. The van der Waals surface area contributed by atoms with Crippen molar-refractivity contribution >= 4 is 16.8 Å². The third-order valence-electron chi connectivity index (χ3n) is 5.03. The first-order valence-electron chi connectivity index (χ1n) is 8.96. The fraction of sp³-hybridized carbons (Fsp3) is 0.421. The zero-order valence-corrected chi connectivity index (χ0v) is 14.3. The molecular formula is C19H23N5O. The predicted octanol–water partition coefficient (Wildman–Crippen LogP) is 2.63. The highest BCUT2D eigenvalue weighted by Gasteiger charge is 2.24. The van der Waals surface area contributed by atoms with Gasteiger partial charge in [-0.1, -0.05) is 18.2 Å². The first-order valence-corrected chi connectivity index (χ1v) is 8.96. The molecule has 1 saturated heterocycles. The van der Waals surface area contributed by atoms with Crippen molar-refractivity contribution in [2.45, 2.75) is 32.2 Å². The van der Waals surface area contributed by atoms with E-state index >= 15 is 0 Å². The number of piperidine rings is 1. The maximum absolute atomic E-state index is 12.6. The van der Waals surface area contributed by atoms with Crippen molar-refractivity contribution in [1.29, 1.82) is 0 Å². The number of rotatable bonds is 5. The Bertz CT molecular complexity index is 839. The minimum Gasteiger partial charge on any atom is -0.342 e. The number of aromatic nitrogens is 4. The van der Waals surface area contributed by atoms with E-state index in [-0.39, 0.29) is 5.91 Å². The van der Waals surface area contributed by atoms with Crippen LogP contribution in [0.1, 0.15) is 25.0 Å². The van der Waals surface area contributed by atoms with Crippen molar-refractivity contribution in [3.8, 4) is 0 Å². The molecule has 0 radical (unpaired) electrons. The zero-order valence-electron chi connectivity index (χ0n) is 14.3. The molecule has 3 heterocycles. The van der Waals surface area contributed by atoms with E-state index in [0.29, 0.717) is 18.9 Å². The smallest absolute Gasteiger partial charge is 0.224 e. The Morgan fingerprint density at radius 2 is 2.20 bits per heavy atom. The van der Waals surface area contributed by atoms with Gasteiger partial charge >= 0.3 is 0 Å². The molecule has 1 fully saturated rings. The number of benzene rings is 1. The van der Waals surface area contributed by atoms with Crippen molar-refractivity contribution in [3.05, 3.63) is 48.4 Å². The van der Waals surface area contributed by atoms with Crippen molar-refractivity contribution in [3.63, 3.8) is 0 Å². The van der Waals surface area contributed by atoms with Crippen LogP contribution in [0, 0.1) is 5.92 Å². The summed E-state index contributed by atoms with van der Waals surface area (Å²) < 4.78 is 1.93. The van der Waals surface area contributed by atoms with Gasteiger partial charge in [0, 0.05) is 36.8 Å². The third kappa shape index (κ3) is 3.57. The molecule has 3 aromatic rings. The minimum atomic E-state index is 0.230. The van der Waals surface area contributed by atoms with E-state index in [1.807, 2.05) is 46.1 Å². The van der Waals surface area contributed by atoms with E-state index in [2.05, 4.69) is 15.3 Å². The highest BCUT2D eigenvalue weighted by molar-refractivity contribution is 5.79. The molecule has 1 N–H and O–H groups in total. The molecule has 6 heteroatoms. The van der Waals surface area contributed by atoms with Crippen LogP contribution < -0.4 is 0 Å². The number of para-hydroxylation sites is 1. The maximum atomic E-state index is 12.6. The standard InChI is InChI=1S/C19H23N5O/c25-19(8-11-24-18-6-2-1-5-16(18)13-21-24)23-10-3-4-15(14-23)12-17-7-9-20-22-17/h1-2,5-7,9,13,15H,3-4,8,10-12,14H2,(H,20,22)/t15-/m1/s1. The molecule has 130 valence electrons. The van der Waals surface area contributed by atoms with E-state index < -0.39 is 0 Å². The van der Waals surface area contributed by atoms with Gasteiger partial charge in [0.05, 0.1) is 18.3 Å². The number of hydrogen-bond donors (Lipinski definition) is 1. The highest BCUT2D eigenvalue weighted by atomic mass is 16.2. The number of carbonyl (C=O) groups is 1. The SMILES string of the molecule is O=C(CCn1ncc2ccccc21)N1CCC[C@H](Cc2ccn[nH]2)C1. The lowest BCUT2D eigenvalue weighted by Crippen LogP contribution is -2.40. The largest absolute Gasteiger partial charge is 0.342 e. The van der Waals surface area contributed by atoms with E-state index in [0.717, 1.165) is 42.5 Å². The van der Waals surface area contributed by atoms with Crippen molar-refractivity contribution in [1.82, 2.24) is 24.9 Å². The minimum absolute atomic E-state index is 0.230. The number of aromatic amines is 1. The highest BCUT2D eigenvalue weighted by Crippen LogP contribution is 2.21. The summed E-state index contributed by atoms with van der Waals surface area (Å²) in [7, 11) is 0. The average molecular weight is 337 g/mol. The van der Waals surface area contributed by atoms with Gasteiger partial charge < -0.3 is 4.90 Å². The first kappa shape index (κ1) is 15.9. The molecule has 25 heavy (non-hydrogen) atoms. The number of nitrogens with one attached hydrogen (secondary N) is 1. The van der Waals surface area contributed by atoms with Gasteiger partial charge in [0.1, 0.15) is 0 Å². The first-order chi connectivity index (χ1) is 12.3. The summed E-state index contributed by atoms with van der Waals surface area (Å²) >= 11 is 0. The van der Waals surface area contributed by atoms with Crippen LogP contribution in [-0.2, 0) is 17.8 Å². The summed E-state index contributed by atoms with van der Waals surface area (Å²) in [4.78, 5) is 14.7. The zero-order chi connectivity index (χ0) is 17.1. The van der Waals surface area contributed by atoms with E-state index in [1.54, 1.807) is 6.20 Å². The Morgan fingerprint density at radius 3 is 3.08 bits per heavy atom. The van der Waals surface area contributed by atoms with Crippen LogP contribution in [0.15, 0.2) is 42.7 Å². The van der Waals surface area contributed by atoms with Gasteiger partial charge in [-0.25, -0.2) is 0 Å². The Labute approximate surface area is 146 Å². The van der Waals surface area contributed by atoms with Gasteiger partial charge in [-0.2, -0.15) is 10.2 Å². The molecule has 1 amide bonds. The fourth-order valence-corrected chi connectivity index (χ4v) is 3.73. The molecule has 1 aliphatic heterocycles. The topological polar surface area (TPSA) is 66.8 Å². The Hall–Kier alpha value is -2.63. The van der Waals surface area contributed by atoms with Gasteiger partial charge in [-0.3, -0.25) is 14.6 Å². The summed E-state index contributed by atoms with van der Waals surface area (Å²) in [6.07, 6.45) is 7.37. The molecule has 1 atom stereocenters. The molecule has 4 rings (SSSR count). The molecule has 0 saturated carbocycles. The van der Waals surface area contributed by atoms with Crippen LogP contribution in [-0.4, -0.2) is 43.9 Å². The number of nitrogens with zero attached hydrogens (tertiary/aromatic N) is 4. The van der Waals surface area contributed by atoms with Crippen LogP contribution in [0.5, 0.6) is 0 Å². The van der Waals surface area contributed by atoms with Gasteiger partial charge in [0.15, 0.2) is 0 Å². The van der Waals surface area contributed by atoms with Crippen molar-refractivity contribution < 1.29 is 4.79 Å². The summed E-state index contributed by atoms with van der Waals surface area (Å²) in [5.74, 6) is 0.748. The van der Waals surface area contributed by atoms with E-state index in [9.17, 15) is 4.79 Å². The number of carbonyl (C=O) groups excluding carboxylic acids is 1. The van der Waals surface area contributed by atoms with Gasteiger partial charge in [-0.15, -0.1) is 0 Å². The number of aryl methyl sites for hydroxylation is 1. The molecule has 0 spiro atoms. The van der Waals surface area contributed by atoms with Crippen LogP contribution in [0.2, 0.25) is 0 Å². The number of likely N-dealkylation sites (tertiary alicyclic amines) is 1. The van der Waals surface area contributed by atoms with Crippen molar-refractivity contribution in [2.75, 3.05) is 13.1 Å². The van der Waals surface area contributed by atoms with Crippen LogP contribution >= 0.6 is 0 Å². The number of hydrogen-bond acceptors (Lipinski definition) is 3. The Morgan fingerprint density at radius 1 is 1.28 bits per heavy atom. The molecule has 2 aromatic heterocycles. The summed E-state index contributed by atoms with van der Waals surface area (Å²) in [6.45, 7) is 2.35. The Kier molecular flexibility index (Phi) is 4.50. The summed E-state index contributed by atoms with van der Waals surface area (Å²) in [5, 5.41) is 12.6. The van der Waals surface area contributed by atoms with E-state index in [4.69, 9.17) is 0 Å². The molecule has 0 aliphatic carbocycles. The average Bonchev–Trinajstić information content (AvgIpc) is 3.30. The van der Waals surface area contributed by atoms with Gasteiger partial charge in [0.2, 0.25) is 5.91 Å². The second kappa shape index (κ2) is 7.09. The summed E-state index contributed by atoms with van der Waals surface area (Å²) in [5.41, 5.74) is 2.24. The van der Waals surface area contributed by atoms with Crippen molar-refractivity contribution in [2.24, 2.45) is 5.92 Å². The third-order valence-corrected chi connectivity index (χ3v) is 5.03. The normalized spacial score (nSPS) is 17.9.